The van der Waals surface area contributed by atoms with Crippen molar-refractivity contribution in [3.63, 3.8) is 0 Å². The Hall–Kier alpha value is -1.28. The van der Waals surface area contributed by atoms with Gasteiger partial charge in [-0.15, -0.1) is 0 Å². The van der Waals surface area contributed by atoms with E-state index >= 15 is 0 Å². The molecule has 0 aromatic rings. The fourth-order valence-corrected chi connectivity index (χ4v) is 6.43. The predicted octanol–water partition coefficient (Wildman–Crippen LogP) is 10.5. The van der Waals surface area contributed by atoms with E-state index in [4.69, 9.17) is 9.05 Å². The molecule has 51 heavy (non-hydrogen) atoms. The summed E-state index contributed by atoms with van der Waals surface area (Å²) >= 11 is 0. The monoisotopic (exact) mass is 741 g/mol. The van der Waals surface area contributed by atoms with Crippen LogP contribution in [0.25, 0.3) is 0 Å². The number of rotatable bonds is 37. The highest BCUT2D eigenvalue weighted by atomic mass is 31.2. The number of carbonyl (C=O) groups is 1. The summed E-state index contributed by atoms with van der Waals surface area (Å²) in [6.07, 6.45) is 40.3. The lowest BCUT2D eigenvalue weighted by Crippen LogP contribution is -2.45. The number of nitrogens with zero attached hydrogens (tertiary/aromatic N) is 1. The Bertz CT molecular complexity index is 933. The van der Waals surface area contributed by atoms with Gasteiger partial charge in [0, 0.05) is 6.42 Å². The van der Waals surface area contributed by atoms with Crippen LogP contribution < -0.4 is 10.2 Å². The van der Waals surface area contributed by atoms with E-state index in [1.54, 1.807) is 6.08 Å². The van der Waals surface area contributed by atoms with Gasteiger partial charge < -0.3 is 28.8 Å². The zero-order valence-corrected chi connectivity index (χ0v) is 34.7. The first-order chi connectivity index (χ1) is 24.5. The van der Waals surface area contributed by atoms with E-state index in [9.17, 15) is 19.4 Å². The Balaban J connectivity index is 4.51. The van der Waals surface area contributed by atoms with E-state index < -0.39 is 20.0 Å². The fourth-order valence-electron chi connectivity index (χ4n) is 5.71. The molecule has 9 heteroatoms. The molecule has 300 valence electrons. The summed E-state index contributed by atoms with van der Waals surface area (Å²) in [5.41, 5.74) is 0. The molecule has 0 aromatic carbocycles. The second kappa shape index (κ2) is 34.5. The van der Waals surface area contributed by atoms with Crippen LogP contribution in [0, 0.1) is 0 Å². The molecule has 0 spiro atoms. The van der Waals surface area contributed by atoms with Gasteiger partial charge in [-0.1, -0.05) is 153 Å². The highest BCUT2D eigenvalue weighted by Gasteiger charge is 2.23. The number of amides is 1. The van der Waals surface area contributed by atoms with E-state index in [-0.39, 0.29) is 19.1 Å². The smallest absolute Gasteiger partial charge is 0.268 e. The topological polar surface area (TPSA) is 108 Å². The minimum Gasteiger partial charge on any atom is -0.756 e. The van der Waals surface area contributed by atoms with Crippen LogP contribution in [0.4, 0.5) is 0 Å². The van der Waals surface area contributed by atoms with Crippen LogP contribution in [0.15, 0.2) is 36.5 Å². The van der Waals surface area contributed by atoms with Gasteiger partial charge in [-0.25, -0.2) is 0 Å². The highest BCUT2D eigenvalue weighted by Crippen LogP contribution is 2.38. The molecular weight excluding hydrogens is 659 g/mol. The molecule has 0 saturated heterocycles. The molecule has 1 amide bonds. The number of aliphatic hydroxyl groups excluding tert-OH is 1. The van der Waals surface area contributed by atoms with Crippen LogP contribution >= 0.6 is 7.82 Å². The summed E-state index contributed by atoms with van der Waals surface area (Å²) < 4.78 is 23.1. The Morgan fingerprint density at radius 1 is 0.686 bits per heavy atom. The number of phosphoric ester groups is 1. The Morgan fingerprint density at radius 2 is 1.14 bits per heavy atom. The Labute approximate surface area is 315 Å². The van der Waals surface area contributed by atoms with Gasteiger partial charge >= 0.3 is 0 Å². The van der Waals surface area contributed by atoms with Gasteiger partial charge in [0.2, 0.25) is 5.91 Å². The maximum atomic E-state index is 12.8. The molecule has 0 rings (SSSR count). The van der Waals surface area contributed by atoms with E-state index in [2.05, 4.69) is 43.5 Å². The Kier molecular flexibility index (Phi) is 33.6. The molecule has 0 heterocycles. The molecule has 0 aliphatic heterocycles. The fraction of sp³-hybridized carbons (Fsp3) is 0.833. The maximum absolute atomic E-state index is 12.8. The van der Waals surface area contributed by atoms with Crippen LogP contribution in [0.3, 0.4) is 0 Å². The Morgan fingerprint density at radius 3 is 1.65 bits per heavy atom. The maximum Gasteiger partial charge on any atom is 0.268 e. The standard InChI is InChI=1S/C42H81N2O6P/c1-6-8-10-12-14-16-18-20-21-22-24-26-28-30-32-34-36-42(46)43-40(39-50-51(47,48)49-38-37-44(3,4)5)41(45)35-33-31-29-27-25-23-19-17-15-13-11-9-7-2/h16,18,21-22,33,35,40-41,45H,6-15,17,19-20,23-32,34,36-39H2,1-5H3,(H-,43,46,47,48)/b18-16-,22-21-,35-33+. The number of aliphatic hydroxyl groups is 1. The molecule has 0 saturated carbocycles. The average Bonchev–Trinajstić information content (AvgIpc) is 3.07. The lowest BCUT2D eigenvalue weighted by Gasteiger charge is -2.29. The van der Waals surface area contributed by atoms with Crippen molar-refractivity contribution in [2.45, 2.75) is 187 Å². The van der Waals surface area contributed by atoms with Crippen LogP contribution in [0.2, 0.25) is 0 Å². The normalized spacial score (nSPS) is 14.9. The quantitative estimate of drug-likeness (QED) is 0.0284. The highest BCUT2D eigenvalue weighted by molar-refractivity contribution is 7.45. The number of allylic oxidation sites excluding steroid dienone is 5. The van der Waals surface area contributed by atoms with Crippen LogP contribution in [-0.2, 0) is 18.4 Å². The average molecular weight is 741 g/mol. The minimum absolute atomic E-state index is 0.00436. The number of unbranched alkanes of at least 4 members (excludes halogenated alkanes) is 20. The zero-order chi connectivity index (χ0) is 37.9. The van der Waals surface area contributed by atoms with Gasteiger partial charge in [0.25, 0.3) is 7.82 Å². The van der Waals surface area contributed by atoms with Crippen LogP contribution in [0.5, 0.6) is 0 Å². The molecule has 0 radical (unpaired) electrons. The molecule has 0 bridgehead atoms. The van der Waals surface area contributed by atoms with E-state index in [0.717, 1.165) is 64.2 Å². The molecule has 0 fully saturated rings. The summed E-state index contributed by atoms with van der Waals surface area (Å²) in [5, 5.41) is 13.7. The van der Waals surface area contributed by atoms with Crippen molar-refractivity contribution < 1.29 is 32.9 Å². The number of hydrogen-bond donors (Lipinski definition) is 2. The molecule has 0 aromatic heterocycles. The molecule has 3 atom stereocenters. The summed E-state index contributed by atoms with van der Waals surface area (Å²) in [6.45, 7) is 4.60. The van der Waals surface area contributed by atoms with Gasteiger partial charge in [-0.05, 0) is 51.4 Å². The SMILES string of the molecule is CCCCCC/C=C\C/C=C\CCCCCCCC(=O)NC(COP(=O)([O-])OCC[N+](C)(C)C)C(O)/C=C/CCCCCCCCCCCCC. The molecule has 2 N–H and O–H groups in total. The number of carbonyl (C=O) groups excluding carboxylic acids is 1. The van der Waals surface area contributed by atoms with Crippen molar-refractivity contribution in [2.75, 3.05) is 40.9 Å². The van der Waals surface area contributed by atoms with Gasteiger partial charge in [0.05, 0.1) is 39.9 Å². The molecule has 3 unspecified atom stereocenters. The molecule has 0 aliphatic carbocycles. The number of hydrogen-bond acceptors (Lipinski definition) is 6. The van der Waals surface area contributed by atoms with Crippen molar-refractivity contribution >= 4 is 13.7 Å². The van der Waals surface area contributed by atoms with Crippen LogP contribution in [-0.4, -0.2) is 68.5 Å². The molecular formula is C42H81N2O6P. The van der Waals surface area contributed by atoms with E-state index in [0.29, 0.717) is 17.4 Å². The number of phosphoric acid groups is 1. The summed E-state index contributed by atoms with van der Waals surface area (Å²) in [5.74, 6) is -0.213. The third kappa shape index (κ3) is 36.9. The summed E-state index contributed by atoms with van der Waals surface area (Å²) in [6, 6.07) is -0.891. The van der Waals surface area contributed by atoms with E-state index in [1.165, 1.54) is 89.9 Å². The van der Waals surface area contributed by atoms with Crippen molar-refractivity contribution in [1.29, 1.82) is 0 Å². The first-order valence-electron chi connectivity index (χ1n) is 20.9. The van der Waals surface area contributed by atoms with Gasteiger partial charge in [0.15, 0.2) is 0 Å². The lowest BCUT2D eigenvalue weighted by atomic mass is 10.0. The first kappa shape index (κ1) is 49.7. The van der Waals surface area contributed by atoms with Crippen molar-refractivity contribution in [1.82, 2.24) is 5.32 Å². The lowest BCUT2D eigenvalue weighted by molar-refractivity contribution is -0.870. The first-order valence-corrected chi connectivity index (χ1v) is 22.3. The van der Waals surface area contributed by atoms with Gasteiger partial charge in [-0.2, -0.15) is 0 Å². The second-order valence-corrected chi connectivity index (χ2v) is 16.8. The molecule has 8 nitrogen and oxygen atoms in total. The van der Waals surface area contributed by atoms with Gasteiger partial charge in [-0.3, -0.25) is 9.36 Å². The number of quaternary nitrogens is 1. The third-order valence-corrected chi connectivity index (χ3v) is 10.1. The van der Waals surface area contributed by atoms with Crippen molar-refractivity contribution in [3.8, 4) is 0 Å². The van der Waals surface area contributed by atoms with Crippen molar-refractivity contribution in [3.05, 3.63) is 36.5 Å². The second-order valence-electron chi connectivity index (χ2n) is 15.3. The largest absolute Gasteiger partial charge is 0.756 e. The molecule has 0 aliphatic rings. The summed E-state index contributed by atoms with van der Waals surface area (Å²) in [4.78, 5) is 25.2. The van der Waals surface area contributed by atoms with E-state index in [1.807, 2.05) is 27.2 Å². The summed E-state index contributed by atoms with van der Waals surface area (Å²) in [7, 11) is 1.25. The third-order valence-electron chi connectivity index (χ3n) is 9.09. The van der Waals surface area contributed by atoms with Gasteiger partial charge in [0.1, 0.15) is 13.2 Å². The van der Waals surface area contributed by atoms with Crippen LogP contribution in [0.1, 0.15) is 174 Å². The number of nitrogens with one attached hydrogen (secondary N) is 1. The predicted molar refractivity (Wildman–Crippen MR) is 215 cm³/mol. The zero-order valence-electron chi connectivity index (χ0n) is 33.8. The minimum atomic E-state index is -4.59. The van der Waals surface area contributed by atoms with Crippen molar-refractivity contribution in [2.24, 2.45) is 0 Å². The number of likely N-dealkylation sites (N-methyl/N-ethyl adjacent to an activating group) is 1.